The SMILES string of the molecule is CCCCCCCCCCCCCCCCCC(=O)OC[C@H](COP(=O)([O-])OCCNC(=O)C1CCC(CN2C(=O)C=CC2=O)CC1)OC(=O)CCCCCCCCCCCCCCCCC.[Na+]. The summed E-state index contributed by atoms with van der Waals surface area (Å²) in [7, 11) is -4.86. The second-order valence-corrected chi connectivity index (χ2v) is 20.8. The van der Waals surface area contributed by atoms with Crippen LogP contribution in [0, 0.1) is 11.8 Å². The maximum atomic E-state index is 12.8. The summed E-state index contributed by atoms with van der Waals surface area (Å²) in [5, 5.41) is 2.72. The minimum absolute atomic E-state index is 0. The first kappa shape index (κ1) is 64.4. The van der Waals surface area contributed by atoms with Gasteiger partial charge in [-0.3, -0.25) is 33.4 Å². The Bertz CT molecular complexity index is 1390. The van der Waals surface area contributed by atoms with Gasteiger partial charge in [0.05, 0.1) is 13.2 Å². The van der Waals surface area contributed by atoms with E-state index in [-0.39, 0.29) is 91.7 Å². The van der Waals surface area contributed by atoms with E-state index >= 15 is 0 Å². The molecule has 1 saturated carbocycles. The molecule has 1 aliphatic carbocycles. The van der Waals surface area contributed by atoms with Crippen LogP contribution in [0.1, 0.15) is 245 Å². The Hall–Kier alpha value is -1.60. The third-order valence-corrected chi connectivity index (χ3v) is 14.3. The van der Waals surface area contributed by atoms with Crippen LogP contribution in [-0.4, -0.2) is 73.6 Å². The van der Waals surface area contributed by atoms with Crippen molar-refractivity contribution in [2.45, 2.75) is 251 Å². The van der Waals surface area contributed by atoms with Gasteiger partial charge in [-0.25, -0.2) is 0 Å². The zero-order chi connectivity index (χ0) is 48.6. The quantitative estimate of drug-likeness (QED) is 0.0202. The van der Waals surface area contributed by atoms with E-state index in [0.717, 1.165) is 38.5 Å². The first-order valence-electron chi connectivity index (χ1n) is 27.3. The van der Waals surface area contributed by atoms with Crippen molar-refractivity contribution in [2.75, 3.05) is 32.9 Å². The number of phosphoric acid groups is 1. The van der Waals surface area contributed by atoms with Gasteiger partial charge < -0.3 is 28.7 Å². The molecule has 15 heteroatoms. The van der Waals surface area contributed by atoms with E-state index in [1.807, 2.05) is 0 Å². The Balaban J connectivity index is 0.0000231. The van der Waals surface area contributed by atoms with Crippen LogP contribution in [0.4, 0.5) is 0 Å². The zero-order valence-electron chi connectivity index (χ0n) is 43.3. The van der Waals surface area contributed by atoms with Crippen LogP contribution in [-0.2, 0) is 47.1 Å². The third-order valence-electron chi connectivity index (χ3n) is 13.3. The van der Waals surface area contributed by atoms with Crippen molar-refractivity contribution in [3.8, 4) is 0 Å². The van der Waals surface area contributed by atoms with Crippen LogP contribution in [0.2, 0.25) is 0 Å². The smallest absolute Gasteiger partial charge is 0.756 e. The van der Waals surface area contributed by atoms with Crippen LogP contribution >= 0.6 is 7.82 Å². The second kappa shape index (κ2) is 43.0. The average Bonchev–Trinajstić information content (AvgIpc) is 3.63. The summed E-state index contributed by atoms with van der Waals surface area (Å²) in [6, 6.07) is 0. The van der Waals surface area contributed by atoms with Gasteiger partial charge in [-0.15, -0.1) is 0 Å². The van der Waals surface area contributed by atoms with E-state index in [9.17, 15) is 33.4 Å². The molecular formula is C53H94N2NaO11P. The number of nitrogens with zero attached hydrogens (tertiary/aromatic N) is 1. The molecule has 0 aromatic carbocycles. The fraction of sp³-hybridized carbons (Fsp3) is 0.868. The van der Waals surface area contributed by atoms with E-state index in [0.29, 0.717) is 45.1 Å². The van der Waals surface area contributed by atoms with Crippen molar-refractivity contribution in [3.63, 3.8) is 0 Å². The number of imide groups is 1. The summed E-state index contributed by atoms with van der Waals surface area (Å²) in [6.45, 7) is 3.52. The van der Waals surface area contributed by atoms with Gasteiger partial charge in [0.2, 0.25) is 5.91 Å². The molecule has 1 N–H and O–H groups in total. The van der Waals surface area contributed by atoms with E-state index in [4.69, 9.17) is 18.5 Å². The normalized spacial score (nSPS) is 17.2. The fourth-order valence-electron chi connectivity index (χ4n) is 9.06. The summed E-state index contributed by atoms with van der Waals surface area (Å²) in [6.07, 6.45) is 40.9. The molecule has 1 heterocycles. The molecule has 2 aliphatic rings. The van der Waals surface area contributed by atoms with Crippen molar-refractivity contribution in [2.24, 2.45) is 11.8 Å². The predicted molar refractivity (Wildman–Crippen MR) is 264 cm³/mol. The molecule has 388 valence electrons. The minimum atomic E-state index is -4.86. The number of rotatable bonds is 45. The van der Waals surface area contributed by atoms with Gasteiger partial charge in [-0.2, -0.15) is 0 Å². The Kier molecular flexibility index (Phi) is 40.8. The van der Waals surface area contributed by atoms with Crippen molar-refractivity contribution >= 4 is 37.5 Å². The monoisotopic (exact) mass is 989 g/mol. The molecule has 0 spiro atoms. The molecular weight excluding hydrogens is 895 g/mol. The van der Waals surface area contributed by atoms with Gasteiger partial charge in [0, 0.05) is 44.0 Å². The number of amides is 3. The molecule has 1 aliphatic heterocycles. The van der Waals surface area contributed by atoms with Gasteiger partial charge in [-0.05, 0) is 44.4 Å². The number of esters is 2. The number of carbonyl (C=O) groups is 5. The zero-order valence-corrected chi connectivity index (χ0v) is 46.2. The van der Waals surface area contributed by atoms with E-state index in [2.05, 4.69) is 19.2 Å². The number of ether oxygens (including phenoxy) is 2. The van der Waals surface area contributed by atoms with Gasteiger partial charge in [0.1, 0.15) is 6.61 Å². The Morgan fingerprint density at radius 1 is 0.603 bits per heavy atom. The molecule has 0 bridgehead atoms. The molecule has 2 atom stereocenters. The molecule has 0 aromatic heterocycles. The number of nitrogens with one attached hydrogen (secondary N) is 1. The van der Waals surface area contributed by atoms with E-state index in [1.54, 1.807) is 0 Å². The first-order chi connectivity index (χ1) is 32.5. The molecule has 13 nitrogen and oxygen atoms in total. The second-order valence-electron chi connectivity index (χ2n) is 19.4. The molecule has 0 saturated heterocycles. The van der Waals surface area contributed by atoms with Gasteiger partial charge in [0.25, 0.3) is 19.6 Å². The molecule has 1 unspecified atom stereocenters. The fourth-order valence-corrected chi connectivity index (χ4v) is 9.80. The van der Waals surface area contributed by atoms with Gasteiger partial charge in [0.15, 0.2) is 6.10 Å². The average molecular weight is 989 g/mol. The first-order valence-corrected chi connectivity index (χ1v) is 28.8. The molecule has 1 fully saturated rings. The predicted octanol–water partition coefficient (Wildman–Crippen LogP) is 9.32. The van der Waals surface area contributed by atoms with Crippen LogP contribution in [0.15, 0.2) is 12.2 Å². The number of unbranched alkanes of at least 4 members (excludes halogenated alkanes) is 28. The van der Waals surface area contributed by atoms with Gasteiger partial charge in [-0.1, -0.05) is 194 Å². The summed E-state index contributed by atoms with van der Waals surface area (Å²) in [4.78, 5) is 76.0. The minimum Gasteiger partial charge on any atom is -0.756 e. The summed E-state index contributed by atoms with van der Waals surface area (Å²) >= 11 is 0. The molecule has 0 aromatic rings. The maximum Gasteiger partial charge on any atom is 1.00 e. The van der Waals surface area contributed by atoms with Crippen molar-refractivity contribution in [1.29, 1.82) is 0 Å². The van der Waals surface area contributed by atoms with Crippen LogP contribution in [0.3, 0.4) is 0 Å². The topological polar surface area (TPSA) is 178 Å². The molecule has 2 rings (SSSR count). The van der Waals surface area contributed by atoms with Crippen LogP contribution < -0.4 is 39.8 Å². The summed E-state index contributed by atoms with van der Waals surface area (Å²) in [5.74, 6) is -1.91. The van der Waals surface area contributed by atoms with Gasteiger partial charge >= 0.3 is 41.5 Å². The summed E-state index contributed by atoms with van der Waals surface area (Å²) < 4.78 is 33.8. The van der Waals surface area contributed by atoms with E-state index < -0.39 is 32.5 Å². The Morgan fingerprint density at radius 3 is 1.43 bits per heavy atom. The van der Waals surface area contributed by atoms with Crippen LogP contribution in [0.5, 0.6) is 0 Å². The number of phosphoric ester groups is 1. The maximum absolute atomic E-state index is 12.8. The Labute approximate surface area is 434 Å². The third kappa shape index (κ3) is 34.7. The number of hydrogen-bond donors (Lipinski definition) is 1. The molecule has 68 heavy (non-hydrogen) atoms. The van der Waals surface area contributed by atoms with E-state index in [1.165, 1.54) is 158 Å². The van der Waals surface area contributed by atoms with Crippen molar-refractivity contribution < 1.29 is 81.5 Å². The largest absolute Gasteiger partial charge is 1.00 e. The standard InChI is InChI=1S/C53H95N2O11P.Na/c1-3-5-7-9-11-13-15-17-19-21-23-25-27-29-31-33-51(58)63-44-48(66-52(59)34-32-30-28-26-24-22-20-18-16-14-12-10-8-6-4-2)45-65-67(61,62)64-42-41-54-53(60)47-37-35-46(36-38-47)43-55-49(56)39-40-50(55)57;/h39-40,46-48H,3-38,41-45H2,1-2H3,(H,54,60)(H,61,62);/q;+1/p-1/t46?,47?,48-;/m1./s1. The Morgan fingerprint density at radius 2 is 1.00 bits per heavy atom. The molecule has 0 radical (unpaired) electrons. The summed E-state index contributed by atoms with van der Waals surface area (Å²) in [5.41, 5.74) is 0. The molecule has 3 amide bonds. The van der Waals surface area contributed by atoms with Crippen molar-refractivity contribution in [3.05, 3.63) is 12.2 Å². The number of carbonyl (C=O) groups excluding carboxylic acids is 5. The van der Waals surface area contributed by atoms with Crippen LogP contribution in [0.25, 0.3) is 0 Å². The number of hydrogen-bond acceptors (Lipinski definition) is 11. The van der Waals surface area contributed by atoms with Crippen molar-refractivity contribution in [1.82, 2.24) is 10.2 Å².